The predicted octanol–water partition coefficient (Wildman–Crippen LogP) is 1.33. The van der Waals surface area contributed by atoms with Gasteiger partial charge in [0.1, 0.15) is 40.9 Å². The summed E-state index contributed by atoms with van der Waals surface area (Å²) in [4.78, 5) is 73.6. The zero-order valence-electron chi connectivity index (χ0n) is 27.4. The Labute approximate surface area is 291 Å². The number of methoxy groups -OCH3 is 1. The van der Waals surface area contributed by atoms with Crippen LogP contribution in [0.15, 0.2) is 58.1 Å². The number of benzene rings is 1. The first-order valence-corrected chi connectivity index (χ1v) is 17.0. The molecule has 0 aliphatic carbocycles. The number of nitrogens with two attached hydrogens (primary N) is 1. The molecule has 4 N–H and O–H groups in total. The van der Waals surface area contributed by atoms with Crippen LogP contribution >= 0.6 is 23.1 Å². The van der Waals surface area contributed by atoms with Crippen molar-refractivity contribution in [2.75, 3.05) is 51.9 Å². The maximum atomic E-state index is 13.7. The van der Waals surface area contributed by atoms with Gasteiger partial charge in [0.15, 0.2) is 11.7 Å². The monoisotopic (exact) mass is 709 g/mol. The number of fused-ring (bicyclic) bond motifs is 1. The number of allylic oxidation sites excluding steroid dienone is 1. The number of aliphatic imine (C=N–C) groups is 1. The Kier molecular flexibility index (Phi) is 12.3. The number of ether oxygens (including phenoxy) is 2. The van der Waals surface area contributed by atoms with E-state index in [1.807, 2.05) is 26.2 Å². The van der Waals surface area contributed by atoms with Gasteiger partial charge >= 0.3 is 5.97 Å². The average Bonchev–Trinajstić information content (AvgIpc) is 3.50. The minimum atomic E-state index is -0.992. The van der Waals surface area contributed by atoms with Gasteiger partial charge in [0, 0.05) is 18.1 Å². The van der Waals surface area contributed by atoms with E-state index in [4.69, 9.17) is 20.5 Å². The van der Waals surface area contributed by atoms with Crippen LogP contribution in [-0.2, 0) is 35.3 Å². The number of likely N-dealkylation sites (N-methyl/N-ethyl adjacent to an activating group) is 1. The molecule has 1 fully saturated rings. The van der Waals surface area contributed by atoms with Gasteiger partial charge in [0.2, 0.25) is 5.91 Å². The van der Waals surface area contributed by atoms with Crippen LogP contribution in [0.3, 0.4) is 0 Å². The third-order valence-corrected chi connectivity index (χ3v) is 9.31. The molecule has 2 aromatic rings. The molecule has 2 aliphatic rings. The Morgan fingerprint density at radius 2 is 1.98 bits per heavy atom. The number of primary amides is 1. The summed E-state index contributed by atoms with van der Waals surface area (Å²) in [6.45, 7) is 1.83. The summed E-state index contributed by atoms with van der Waals surface area (Å²) in [5, 5.41) is 15.5. The Balaban J connectivity index is 1.56. The molecular formula is C32H37N8O7S2+. The molecule has 0 bridgehead atoms. The number of β-lactam (4-membered cyclic amide) rings is 1. The fourth-order valence-corrected chi connectivity index (χ4v) is 7.01. The van der Waals surface area contributed by atoms with Crippen LogP contribution in [0.25, 0.3) is 0 Å². The quantitative estimate of drug-likeness (QED) is 0.0795. The van der Waals surface area contributed by atoms with Crippen LogP contribution in [0.4, 0.5) is 5.13 Å². The number of aromatic nitrogens is 1. The maximum absolute atomic E-state index is 13.7. The highest BCUT2D eigenvalue weighted by molar-refractivity contribution is 8.00. The minimum absolute atomic E-state index is 0.0206. The van der Waals surface area contributed by atoms with E-state index in [0.717, 1.165) is 11.3 Å². The predicted molar refractivity (Wildman–Crippen MR) is 183 cm³/mol. The molecule has 49 heavy (non-hydrogen) atoms. The van der Waals surface area contributed by atoms with Gasteiger partial charge in [-0.1, -0.05) is 18.2 Å². The molecule has 3 heterocycles. The number of nitrogens with zero attached hydrogens (tertiary/aromatic N) is 5. The topological polar surface area (TPSA) is 206 Å². The normalized spacial score (nSPS) is 17.6. The van der Waals surface area contributed by atoms with Gasteiger partial charge < -0.3 is 30.3 Å². The summed E-state index contributed by atoms with van der Waals surface area (Å²) < 4.78 is 11.1. The Morgan fingerprint density at radius 1 is 1.24 bits per heavy atom. The fourth-order valence-electron chi connectivity index (χ4n) is 4.95. The smallest absolute Gasteiger partial charge is 0.355 e. The molecule has 258 valence electrons. The van der Waals surface area contributed by atoms with E-state index in [1.54, 1.807) is 42.8 Å². The van der Waals surface area contributed by atoms with Crippen molar-refractivity contribution in [3.63, 3.8) is 0 Å². The van der Waals surface area contributed by atoms with Crippen LogP contribution in [0.1, 0.15) is 24.6 Å². The largest absolute Gasteiger partial charge is 0.497 e. The number of rotatable bonds is 15. The van der Waals surface area contributed by atoms with Crippen molar-refractivity contribution < 1.29 is 37.9 Å². The lowest BCUT2D eigenvalue weighted by Crippen LogP contribution is -2.71. The van der Waals surface area contributed by atoms with Crippen LogP contribution in [0, 0.1) is 11.3 Å². The summed E-state index contributed by atoms with van der Waals surface area (Å²) in [6, 6.07) is 7.98. The molecular weight excluding hydrogens is 673 g/mol. The number of carbonyl (C=O) groups is 5. The third-order valence-electron chi connectivity index (χ3n) is 7.25. The van der Waals surface area contributed by atoms with Gasteiger partial charge in [0.05, 0.1) is 46.8 Å². The van der Waals surface area contributed by atoms with E-state index in [1.165, 1.54) is 23.6 Å². The number of esters is 1. The molecule has 0 spiro atoms. The average molecular weight is 710 g/mol. The molecule has 2 atom stereocenters. The molecule has 4 amide bonds. The lowest BCUT2D eigenvalue weighted by atomic mass is 10.0. The highest BCUT2D eigenvalue weighted by Gasteiger charge is 2.54. The highest BCUT2D eigenvalue weighted by Crippen LogP contribution is 2.41. The highest BCUT2D eigenvalue weighted by atomic mass is 32.2. The second-order valence-electron chi connectivity index (χ2n) is 11.7. The Bertz CT molecular complexity index is 1740. The van der Waals surface area contributed by atoms with Crippen LogP contribution in [-0.4, -0.2) is 108 Å². The number of carbonyl (C=O) groups excluding carboxylic acids is 5. The number of thiazole rings is 1. The summed E-state index contributed by atoms with van der Waals surface area (Å²) in [5.41, 5.74) is 6.79. The van der Waals surface area contributed by atoms with Gasteiger partial charge in [-0.2, -0.15) is 5.26 Å². The van der Waals surface area contributed by atoms with Crippen molar-refractivity contribution in [1.82, 2.24) is 15.2 Å². The second kappa shape index (κ2) is 16.4. The first-order valence-electron chi connectivity index (χ1n) is 15.0. The molecule has 17 heteroatoms. The van der Waals surface area contributed by atoms with E-state index in [2.05, 4.69) is 20.6 Å². The van der Waals surface area contributed by atoms with Crippen molar-refractivity contribution in [2.24, 2.45) is 10.7 Å². The number of quaternary nitrogens is 1. The van der Waals surface area contributed by atoms with Crippen LogP contribution in [0.2, 0.25) is 0 Å². The zero-order valence-corrected chi connectivity index (χ0v) is 29.1. The van der Waals surface area contributed by atoms with Gasteiger partial charge in [-0.15, -0.1) is 23.1 Å². The second-order valence-corrected chi connectivity index (χ2v) is 13.6. The number of amides is 4. The summed E-state index contributed by atoms with van der Waals surface area (Å²) in [7, 11) is 5.23. The van der Waals surface area contributed by atoms with Crippen molar-refractivity contribution in [1.29, 1.82) is 5.26 Å². The first-order chi connectivity index (χ1) is 23.3. The SMILES string of the molecule is COc1ccc(COC(=O)C2=C(/C=C/C[N+](C)(C)CC(N)=O)CS[C@H]3[C@H](NC(=O)C(=NCCC#N)c4csc(NC(C)=O)n4)C(=O)N23)cc1. The molecule has 2 aliphatic heterocycles. The van der Waals surface area contributed by atoms with E-state index in [0.29, 0.717) is 29.2 Å². The number of thioether (sulfide) groups is 1. The van der Waals surface area contributed by atoms with Crippen LogP contribution < -0.4 is 21.1 Å². The summed E-state index contributed by atoms with van der Waals surface area (Å²) >= 11 is 2.46. The number of anilines is 1. The number of nitrogens with one attached hydrogen (secondary N) is 2. The lowest BCUT2D eigenvalue weighted by Gasteiger charge is -2.49. The van der Waals surface area contributed by atoms with Crippen LogP contribution in [0.5, 0.6) is 5.75 Å². The van der Waals surface area contributed by atoms with Gasteiger partial charge in [0.25, 0.3) is 17.7 Å². The summed E-state index contributed by atoms with van der Waals surface area (Å²) in [6.07, 6.45) is 3.60. The van der Waals surface area contributed by atoms with Crippen molar-refractivity contribution in [3.05, 3.63) is 64.3 Å². The number of nitriles is 1. The molecule has 0 unspecified atom stereocenters. The Hall–Kier alpha value is -5.05. The Morgan fingerprint density at radius 3 is 2.63 bits per heavy atom. The fraction of sp³-hybridized carbons (Fsp3) is 0.375. The summed E-state index contributed by atoms with van der Waals surface area (Å²) in [5.74, 6) is -1.74. The molecule has 0 radical (unpaired) electrons. The van der Waals surface area contributed by atoms with Gasteiger partial charge in [-0.25, -0.2) is 9.78 Å². The zero-order chi connectivity index (χ0) is 35.7. The van der Waals surface area contributed by atoms with E-state index >= 15 is 0 Å². The molecule has 1 aromatic heterocycles. The van der Waals surface area contributed by atoms with E-state index in [-0.39, 0.29) is 58.7 Å². The van der Waals surface area contributed by atoms with Gasteiger partial charge in [-0.05, 0) is 29.3 Å². The van der Waals surface area contributed by atoms with Gasteiger partial charge in [-0.3, -0.25) is 29.1 Å². The molecule has 1 aromatic carbocycles. The van der Waals surface area contributed by atoms with E-state index < -0.39 is 35.1 Å². The first kappa shape index (κ1) is 36.8. The lowest BCUT2D eigenvalue weighted by molar-refractivity contribution is -0.876. The van der Waals surface area contributed by atoms with Crippen molar-refractivity contribution in [2.45, 2.75) is 31.4 Å². The van der Waals surface area contributed by atoms with E-state index in [9.17, 15) is 24.0 Å². The minimum Gasteiger partial charge on any atom is -0.497 e. The molecule has 15 nitrogen and oxygen atoms in total. The molecule has 0 saturated carbocycles. The van der Waals surface area contributed by atoms with Crippen molar-refractivity contribution >= 4 is 63.5 Å². The third kappa shape index (κ3) is 9.53. The number of hydrogen-bond acceptors (Lipinski definition) is 12. The standard InChI is InChI=1S/C32H36N8O7S2/c1-19(41)36-32-37-23(18-49-32)25(35-13-6-12-33)28(43)38-26-29(44)39-27(31(45)47-16-20-8-10-22(46-4)11-9-20)21(17-48-30(26)39)7-5-14-40(2,3)15-24(34)42/h5,7-11,18,26,30H,6,13-17H2,1-4H3,(H3-,34,36,37,38,41,42,43)/p+1/b7-5+,35-25?/t26-,30+/m1/s1. The van der Waals surface area contributed by atoms with Crippen molar-refractivity contribution in [3.8, 4) is 11.8 Å². The molecule has 1 saturated heterocycles. The number of hydrogen-bond donors (Lipinski definition) is 3. The molecule has 4 rings (SSSR count). The maximum Gasteiger partial charge on any atom is 0.355 e.